The molecule has 18 heavy (non-hydrogen) atoms. The van der Waals surface area contributed by atoms with Gasteiger partial charge in [0.05, 0.1) is 0 Å². The molecule has 2 aliphatic rings. The van der Waals surface area contributed by atoms with Crippen LogP contribution in [0.25, 0.3) is 0 Å². The first-order chi connectivity index (χ1) is 8.69. The molecule has 2 rings (SSSR count). The molecule has 106 valence electrons. The third-order valence-electron chi connectivity index (χ3n) is 4.62. The maximum atomic E-state index is 3.63. The van der Waals surface area contributed by atoms with E-state index in [-0.39, 0.29) is 0 Å². The Kier molecular flexibility index (Phi) is 5.46. The van der Waals surface area contributed by atoms with Crippen LogP contribution in [0.15, 0.2) is 0 Å². The van der Waals surface area contributed by atoms with Crippen molar-refractivity contribution in [1.82, 2.24) is 15.1 Å². The third kappa shape index (κ3) is 4.52. The summed E-state index contributed by atoms with van der Waals surface area (Å²) in [5.74, 6) is 1.04. The molecule has 0 aromatic rings. The molecule has 3 nitrogen and oxygen atoms in total. The van der Waals surface area contributed by atoms with Crippen molar-refractivity contribution >= 4 is 0 Å². The first kappa shape index (κ1) is 14.3. The molecule has 1 heterocycles. The maximum Gasteiger partial charge on any atom is 0.0193 e. The second-order valence-corrected chi connectivity index (χ2v) is 6.35. The van der Waals surface area contributed by atoms with Crippen LogP contribution in [0.5, 0.6) is 0 Å². The molecule has 1 saturated heterocycles. The highest BCUT2D eigenvalue weighted by molar-refractivity contribution is 4.82. The average molecular weight is 253 g/mol. The summed E-state index contributed by atoms with van der Waals surface area (Å²) in [5, 5.41) is 3.63. The topological polar surface area (TPSA) is 18.5 Å². The zero-order valence-electron chi connectivity index (χ0n) is 12.5. The summed E-state index contributed by atoms with van der Waals surface area (Å²) in [7, 11) is 0. The van der Waals surface area contributed by atoms with Crippen molar-refractivity contribution in [3.05, 3.63) is 0 Å². The van der Waals surface area contributed by atoms with E-state index in [9.17, 15) is 0 Å². The molecule has 1 saturated carbocycles. The largest absolute Gasteiger partial charge is 0.313 e. The third-order valence-corrected chi connectivity index (χ3v) is 4.62. The number of hydrogen-bond acceptors (Lipinski definition) is 3. The fourth-order valence-corrected chi connectivity index (χ4v) is 2.70. The predicted molar refractivity (Wildman–Crippen MR) is 78.0 cm³/mol. The van der Waals surface area contributed by atoms with Crippen LogP contribution < -0.4 is 5.32 Å². The van der Waals surface area contributed by atoms with E-state index in [4.69, 9.17) is 0 Å². The quantitative estimate of drug-likeness (QED) is 0.746. The van der Waals surface area contributed by atoms with E-state index >= 15 is 0 Å². The van der Waals surface area contributed by atoms with E-state index in [0.29, 0.717) is 12.1 Å². The Morgan fingerprint density at radius 3 is 2.33 bits per heavy atom. The summed E-state index contributed by atoms with van der Waals surface area (Å²) in [4.78, 5) is 5.32. The predicted octanol–water partition coefficient (Wildman–Crippen LogP) is 1.79. The van der Waals surface area contributed by atoms with Gasteiger partial charge in [-0.3, -0.25) is 4.90 Å². The number of nitrogens with zero attached hydrogens (tertiary/aromatic N) is 2. The van der Waals surface area contributed by atoms with Crippen molar-refractivity contribution in [3.63, 3.8) is 0 Å². The van der Waals surface area contributed by atoms with Gasteiger partial charge in [-0.05, 0) is 39.0 Å². The van der Waals surface area contributed by atoms with Gasteiger partial charge in [-0.15, -0.1) is 0 Å². The first-order valence-corrected chi connectivity index (χ1v) is 7.88. The molecule has 0 spiro atoms. The second-order valence-electron chi connectivity index (χ2n) is 6.35. The SMILES string of the molecule is CCC(C)NCC(C)N1CCN(CC2CC2)CC1. The van der Waals surface area contributed by atoms with Crippen LogP contribution in [0.1, 0.15) is 40.0 Å². The lowest BCUT2D eigenvalue weighted by molar-refractivity contribution is 0.0977. The fraction of sp³-hybridized carbons (Fsp3) is 1.00. The van der Waals surface area contributed by atoms with Crippen molar-refractivity contribution in [3.8, 4) is 0 Å². The normalized spacial score (nSPS) is 26.2. The Balaban J connectivity index is 1.61. The molecule has 1 aliphatic carbocycles. The minimum atomic E-state index is 0.656. The van der Waals surface area contributed by atoms with Gasteiger partial charge in [0.1, 0.15) is 0 Å². The smallest absolute Gasteiger partial charge is 0.0193 e. The molecule has 0 aromatic carbocycles. The van der Waals surface area contributed by atoms with Crippen molar-refractivity contribution in [1.29, 1.82) is 0 Å². The minimum absolute atomic E-state index is 0.656. The Morgan fingerprint density at radius 1 is 1.11 bits per heavy atom. The van der Waals surface area contributed by atoms with Gasteiger partial charge in [0.15, 0.2) is 0 Å². The monoisotopic (exact) mass is 253 g/mol. The summed E-state index contributed by atoms with van der Waals surface area (Å²) < 4.78 is 0. The summed E-state index contributed by atoms with van der Waals surface area (Å²) in [5.41, 5.74) is 0. The van der Waals surface area contributed by atoms with Gasteiger partial charge >= 0.3 is 0 Å². The Morgan fingerprint density at radius 2 is 1.78 bits per heavy atom. The molecular weight excluding hydrogens is 222 g/mol. The van der Waals surface area contributed by atoms with E-state index in [1.165, 1.54) is 52.0 Å². The molecule has 0 radical (unpaired) electrons. The Labute approximate surface area is 113 Å². The molecule has 2 unspecified atom stereocenters. The molecule has 0 aromatic heterocycles. The van der Waals surface area contributed by atoms with E-state index in [1.54, 1.807) is 0 Å². The van der Waals surface area contributed by atoms with Gasteiger partial charge in [0, 0.05) is 51.4 Å². The van der Waals surface area contributed by atoms with Crippen LogP contribution in [-0.2, 0) is 0 Å². The summed E-state index contributed by atoms with van der Waals surface area (Å²) in [6.07, 6.45) is 4.19. The highest BCUT2D eigenvalue weighted by Gasteiger charge is 2.27. The highest BCUT2D eigenvalue weighted by Crippen LogP contribution is 2.29. The van der Waals surface area contributed by atoms with Crippen molar-refractivity contribution in [2.24, 2.45) is 5.92 Å². The van der Waals surface area contributed by atoms with Crippen molar-refractivity contribution in [2.75, 3.05) is 39.3 Å². The molecule has 0 bridgehead atoms. The summed E-state index contributed by atoms with van der Waals surface area (Å²) in [6.45, 7) is 14.5. The Hall–Kier alpha value is -0.120. The second kappa shape index (κ2) is 6.88. The zero-order chi connectivity index (χ0) is 13.0. The van der Waals surface area contributed by atoms with Gasteiger partial charge in [-0.1, -0.05) is 6.92 Å². The first-order valence-electron chi connectivity index (χ1n) is 7.88. The minimum Gasteiger partial charge on any atom is -0.313 e. The number of nitrogens with one attached hydrogen (secondary N) is 1. The fourth-order valence-electron chi connectivity index (χ4n) is 2.70. The van der Waals surface area contributed by atoms with Crippen LogP contribution in [0.3, 0.4) is 0 Å². The highest BCUT2D eigenvalue weighted by atomic mass is 15.3. The summed E-state index contributed by atoms with van der Waals surface area (Å²) >= 11 is 0. The lowest BCUT2D eigenvalue weighted by Crippen LogP contribution is -2.52. The molecule has 3 heteroatoms. The van der Waals surface area contributed by atoms with Crippen molar-refractivity contribution in [2.45, 2.75) is 52.1 Å². The van der Waals surface area contributed by atoms with Gasteiger partial charge < -0.3 is 10.2 Å². The van der Waals surface area contributed by atoms with Gasteiger partial charge in [0.25, 0.3) is 0 Å². The van der Waals surface area contributed by atoms with Crippen LogP contribution in [0, 0.1) is 5.92 Å². The molecule has 2 fully saturated rings. The van der Waals surface area contributed by atoms with Crippen LogP contribution >= 0.6 is 0 Å². The van der Waals surface area contributed by atoms with Crippen molar-refractivity contribution < 1.29 is 0 Å². The molecule has 2 atom stereocenters. The zero-order valence-corrected chi connectivity index (χ0v) is 12.5. The van der Waals surface area contributed by atoms with E-state index in [1.807, 2.05) is 0 Å². The standard InChI is InChI=1S/C15H31N3/c1-4-13(2)16-11-14(3)18-9-7-17(8-10-18)12-15-5-6-15/h13-16H,4-12H2,1-3H3. The van der Waals surface area contributed by atoms with Gasteiger partial charge in [0.2, 0.25) is 0 Å². The van der Waals surface area contributed by atoms with Crippen LogP contribution in [0.2, 0.25) is 0 Å². The lowest BCUT2D eigenvalue weighted by Gasteiger charge is -2.38. The number of hydrogen-bond donors (Lipinski definition) is 1. The average Bonchev–Trinajstić information content (AvgIpc) is 3.20. The number of piperazine rings is 1. The lowest BCUT2D eigenvalue weighted by atomic mass is 10.2. The van der Waals surface area contributed by atoms with Gasteiger partial charge in [-0.2, -0.15) is 0 Å². The van der Waals surface area contributed by atoms with Crippen LogP contribution in [-0.4, -0.2) is 61.2 Å². The Bertz CT molecular complexity index is 232. The number of rotatable bonds is 7. The van der Waals surface area contributed by atoms with E-state index in [2.05, 4.69) is 35.9 Å². The molecular formula is C15H31N3. The molecule has 1 N–H and O–H groups in total. The summed E-state index contributed by atoms with van der Waals surface area (Å²) in [6, 6.07) is 1.34. The van der Waals surface area contributed by atoms with E-state index < -0.39 is 0 Å². The molecule has 0 amide bonds. The van der Waals surface area contributed by atoms with Gasteiger partial charge in [-0.25, -0.2) is 0 Å². The molecule has 1 aliphatic heterocycles. The van der Waals surface area contributed by atoms with E-state index in [0.717, 1.165) is 12.5 Å². The maximum absolute atomic E-state index is 3.63. The van der Waals surface area contributed by atoms with Crippen LogP contribution in [0.4, 0.5) is 0 Å².